The first-order valence-electron chi connectivity index (χ1n) is 16.0. The highest BCUT2D eigenvalue weighted by atomic mass is 35.5. The van der Waals surface area contributed by atoms with Gasteiger partial charge >= 0.3 is 5.69 Å². The van der Waals surface area contributed by atoms with Gasteiger partial charge in [0.05, 0.1) is 17.3 Å². The fourth-order valence-electron chi connectivity index (χ4n) is 6.15. The van der Waals surface area contributed by atoms with Crippen LogP contribution in [0.3, 0.4) is 0 Å². The number of ether oxygens (including phenoxy) is 3. The average molecular weight is 692 g/mol. The summed E-state index contributed by atoms with van der Waals surface area (Å²) in [6.45, 7) is 7.09. The quantitative estimate of drug-likeness (QED) is 0.189. The minimum absolute atomic E-state index is 0.114. The molecule has 14 heteroatoms. The van der Waals surface area contributed by atoms with E-state index in [4.69, 9.17) is 37.4 Å². The number of piperazine rings is 1. The Balaban J connectivity index is 0.925. The number of halogens is 2. The van der Waals surface area contributed by atoms with Crippen molar-refractivity contribution >= 4 is 34.6 Å². The molecule has 2 fully saturated rings. The largest absolute Gasteiger partial charge is 0.491 e. The van der Waals surface area contributed by atoms with E-state index >= 15 is 0 Å². The number of hydrogen-bond acceptors (Lipinski definition) is 9. The van der Waals surface area contributed by atoms with Gasteiger partial charge in [-0.3, -0.25) is 0 Å². The average Bonchev–Trinajstić information content (AvgIpc) is 3.86. The molecule has 12 nitrogen and oxygen atoms in total. The van der Waals surface area contributed by atoms with E-state index in [1.807, 2.05) is 37.3 Å². The SMILES string of the molecule is CCCn1ncn(-c2ccc(N3CCN(c4ccc(OC[C@H]5CO[C@@](Cn6cncn6)(c6ccc(Cl)cc6Cl)O5)cc4)CC3)cc2)c1=O. The molecule has 4 heterocycles. The van der Waals surface area contributed by atoms with Crippen molar-refractivity contribution in [3.63, 3.8) is 0 Å². The third-order valence-electron chi connectivity index (χ3n) is 8.62. The zero-order valence-electron chi connectivity index (χ0n) is 26.5. The number of benzene rings is 3. The molecule has 0 saturated carbocycles. The molecule has 250 valence electrons. The Kier molecular flexibility index (Phi) is 9.40. The molecular weight excluding hydrogens is 655 g/mol. The fourth-order valence-corrected chi connectivity index (χ4v) is 6.70. The smallest absolute Gasteiger partial charge is 0.350 e. The van der Waals surface area contributed by atoms with Crippen molar-refractivity contribution in [2.75, 3.05) is 49.2 Å². The van der Waals surface area contributed by atoms with Crippen LogP contribution in [0.15, 0.2) is 90.5 Å². The second-order valence-electron chi connectivity index (χ2n) is 11.8. The van der Waals surface area contributed by atoms with Crippen molar-refractivity contribution < 1.29 is 14.2 Å². The Bertz CT molecular complexity index is 1870. The van der Waals surface area contributed by atoms with E-state index in [0.717, 1.165) is 55.4 Å². The third-order valence-corrected chi connectivity index (χ3v) is 9.16. The van der Waals surface area contributed by atoms with Crippen LogP contribution < -0.4 is 20.2 Å². The van der Waals surface area contributed by atoms with Crippen molar-refractivity contribution in [1.29, 1.82) is 0 Å². The van der Waals surface area contributed by atoms with Crippen LogP contribution in [0, 0.1) is 0 Å². The van der Waals surface area contributed by atoms with Crippen LogP contribution in [0.1, 0.15) is 18.9 Å². The monoisotopic (exact) mass is 690 g/mol. The molecule has 0 radical (unpaired) electrons. The second kappa shape index (κ2) is 14.0. The Morgan fingerprint density at radius 3 is 2.23 bits per heavy atom. The standard InChI is InChI=1S/C34H36Cl2N8O4/c1-2-13-44-33(45)43(24-39-44)28-6-4-26(5-7-28)40-14-16-41(17-15-40)27-8-10-29(11-9-27)46-19-30-20-47-34(48-30,21-42-23-37-22-38-42)31-12-3-25(35)18-32(31)36/h3-12,18,22-24,30H,2,13-17,19-21H2,1H3/t30-,34+/m0/s1. The van der Waals surface area contributed by atoms with Gasteiger partial charge in [0.2, 0.25) is 5.79 Å². The number of aryl methyl sites for hydroxylation is 1. The van der Waals surface area contributed by atoms with Gasteiger partial charge in [-0.1, -0.05) is 36.2 Å². The zero-order valence-corrected chi connectivity index (χ0v) is 28.0. The predicted molar refractivity (Wildman–Crippen MR) is 183 cm³/mol. The predicted octanol–water partition coefficient (Wildman–Crippen LogP) is 5.02. The van der Waals surface area contributed by atoms with Gasteiger partial charge in [0.1, 0.15) is 44.0 Å². The summed E-state index contributed by atoms with van der Waals surface area (Å²) in [6, 6.07) is 21.5. The number of hydrogen-bond donors (Lipinski definition) is 0. The van der Waals surface area contributed by atoms with Crippen molar-refractivity contribution in [3.8, 4) is 11.4 Å². The van der Waals surface area contributed by atoms with Crippen molar-refractivity contribution in [2.24, 2.45) is 0 Å². The molecule has 7 rings (SSSR count). The molecule has 2 aliphatic rings. The Labute approximate surface area is 288 Å². The van der Waals surface area contributed by atoms with Crippen LogP contribution in [-0.4, -0.2) is 74.6 Å². The summed E-state index contributed by atoms with van der Waals surface area (Å²) in [7, 11) is 0. The lowest BCUT2D eigenvalue weighted by Gasteiger charge is -2.37. The summed E-state index contributed by atoms with van der Waals surface area (Å²) in [4.78, 5) is 21.4. The second-order valence-corrected chi connectivity index (χ2v) is 12.7. The van der Waals surface area contributed by atoms with E-state index in [-0.39, 0.29) is 18.3 Å². The lowest BCUT2D eigenvalue weighted by atomic mass is 10.1. The summed E-state index contributed by atoms with van der Waals surface area (Å²) in [6.07, 6.45) is 5.19. The maximum absolute atomic E-state index is 12.6. The molecule has 0 aliphatic carbocycles. The summed E-state index contributed by atoms with van der Waals surface area (Å²) < 4.78 is 23.6. The minimum Gasteiger partial charge on any atom is -0.491 e. The molecule has 5 aromatic rings. The van der Waals surface area contributed by atoms with Crippen LogP contribution >= 0.6 is 23.2 Å². The number of rotatable bonds is 11. The zero-order chi connectivity index (χ0) is 33.1. The molecule has 0 amide bonds. The Morgan fingerprint density at radius 1 is 0.896 bits per heavy atom. The molecule has 0 spiro atoms. The first-order valence-corrected chi connectivity index (χ1v) is 16.7. The Hall–Kier alpha value is -4.36. The van der Waals surface area contributed by atoms with E-state index in [2.05, 4.69) is 49.2 Å². The Morgan fingerprint density at radius 2 is 1.58 bits per heavy atom. The lowest BCUT2D eigenvalue weighted by molar-refractivity contribution is -0.190. The molecule has 2 atom stereocenters. The van der Waals surface area contributed by atoms with E-state index < -0.39 is 5.79 Å². The van der Waals surface area contributed by atoms with Crippen LogP contribution in [-0.2, 0) is 28.4 Å². The third kappa shape index (κ3) is 6.79. The van der Waals surface area contributed by atoms with Gasteiger partial charge in [-0.05, 0) is 67.1 Å². The maximum Gasteiger partial charge on any atom is 0.350 e. The van der Waals surface area contributed by atoms with Gasteiger partial charge in [-0.2, -0.15) is 10.2 Å². The number of aromatic nitrogens is 6. The van der Waals surface area contributed by atoms with E-state index in [9.17, 15) is 4.79 Å². The summed E-state index contributed by atoms with van der Waals surface area (Å²) >= 11 is 12.7. The van der Waals surface area contributed by atoms with Crippen molar-refractivity contribution in [2.45, 2.75) is 38.3 Å². The van der Waals surface area contributed by atoms with Crippen molar-refractivity contribution in [1.82, 2.24) is 29.1 Å². The van der Waals surface area contributed by atoms with Gasteiger partial charge in [0.25, 0.3) is 0 Å². The molecule has 48 heavy (non-hydrogen) atoms. The molecule has 2 aromatic heterocycles. The maximum atomic E-state index is 12.6. The molecule has 2 saturated heterocycles. The van der Waals surface area contributed by atoms with Gasteiger partial charge < -0.3 is 24.0 Å². The van der Waals surface area contributed by atoms with Gasteiger partial charge in [-0.15, -0.1) is 0 Å². The van der Waals surface area contributed by atoms with Crippen LogP contribution in [0.5, 0.6) is 5.75 Å². The van der Waals surface area contributed by atoms with E-state index in [1.165, 1.54) is 11.0 Å². The molecule has 2 aliphatic heterocycles. The lowest BCUT2D eigenvalue weighted by Crippen LogP contribution is -2.46. The highest BCUT2D eigenvalue weighted by Crippen LogP contribution is 2.40. The van der Waals surface area contributed by atoms with E-state index in [0.29, 0.717) is 35.4 Å². The van der Waals surface area contributed by atoms with Crippen molar-refractivity contribution in [3.05, 3.63) is 112 Å². The fraction of sp³-hybridized carbons (Fsp3) is 0.353. The first kappa shape index (κ1) is 32.2. The van der Waals surface area contributed by atoms with Gasteiger partial charge in [-0.25, -0.2) is 23.7 Å². The van der Waals surface area contributed by atoms with Crippen LogP contribution in [0.4, 0.5) is 11.4 Å². The molecule has 0 N–H and O–H groups in total. The summed E-state index contributed by atoms with van der Waals surface area (Å²) in [5.74, 6) is -0.409. The highest BCUT2D eigenvalue weighted by molar-refractivity contribution is 6.35. The normalized spacial score (nSPS) is 19.6. The molecule has 0 unspecified atom stereocenters. The molecule has 3 aromatic carbocycles. The number of anilines is 2. The first-order chi connectivity index (χ1) is 23.4. The van der Waals surface area contributed by atoms with E-state index in [1.54, 1.807) is 34.0 Å². The summed E-state index contributed by atoms with van der Waals surface area (Å²) in [5.41, 5.74) is 3.65. The number of nitrogens with zero attached hydrogens (tertiary/aromatic N) is 8. The van der Waals surface area contributed by atoms with Crippen LogP contribution in [0.2, 0.25) is 10.0 Å². The highest BCUT2D eigenvalue weighted by Gasteiger charge is 2.45. The molecular formula is C34H36Cl2N8O4. The summed E-state index contributed by atoms with van der Waals surface area (Å²) in [5, 5.41) is 9.42. The van der Waals surface area contributed by atoms with Crippen LogP contribution in [0.25, 0.3) is 5.69 Å². The van der Waals surface area contributed by atoms with Gasteiger partial charge in [0.15, 0.2) is 0 Å². The molecule has 0 bridgehead atoms. The van der Waals surface area contributed by atoms with Gasteiger partial charge in [0, 0.05) is 54.7 Å². The minimum atomic E-state index is -1.16. The topological polar surface area (TPSA) is 105 Å².